The number of nitrogens with one attached hydrogen (secondary N) is 2. The molecular formula is C24H39IN4O3. The first-order chi connectivity index (χ1) is 15.3. The molecule has 4 rings (SSSR count). The third-order valence-corrected chi connectivity index (χ3v) is 6.89. The second-order valence-electron chi connectivity index (χ2n) is 8.92. The number of rotatable bonds is 7. The van der Waals surface area contributed by atoms with Crippen molar-refractivity contribution in [3.8, 4) is 11.5 Å². The predicted molar refractivity (Wildman–Crippen MR) is 139 cm³/mol. The van der Waals surface area contributed by atoms with Gasteiger partial charge in [0.1, 0.15) is 0 Å². The number of hydrogen-bond donors (Lipinski definition) is 2. The van der Waals surface area contributed by atoms with Gasteiger partial charge in [-0.3, -0.25) is 4.99 Å². The maximum atomic E-state index is 5.68. The molecule has 1 aromatic rings. The number of hydrogen-bond acceptors (Lipinski definition) is 5. The summed E-state index contributed by atoms with van der Waals surface area (Å²) in [6.07, 6.45) is 8.58. The molecule has 3 aliphatic rings. The summed E-state index contributed by atoms with van der Waals surface area (Å²) in [5, 5.41) is 7.10. The highest BCUT2D eigenvalue weighted by Gasteiger charge is 2.35. The molecule has 0 saturated carbocycles. The quantitative estimate of drug-likeness (QED) is 0.231. The first kappa shape index (κ1) is 25.4. The average Bonchev–Trinajstić information content (AvgIpc) is 3.13. The Bertz CT molecular complexity index is 732. The van der Waals surface area contributed by atoms with Gasteiger partial charge in [0.2, 0.25) is 6.79 Å². The Balaban J connectivity index is 0.00000289. The van der Waals surface area contributed by atoms with Crippen molar-refractivity contribution >= 4 is 29.9 Å². The largest absolute Gasteiger partial charge is 0.454 e. The van der Waals surface area contributed by atoms with Crippen LogP contribution < -0.4 is 20.1 Å². The smallest absolute Gasteiger partial charge is 0.231 e. The zero-order valence-electron chi connectivity index (χ0n) is 19.4. The van der Waals surface area contributed by atoms with Crippen molar-refractivity contribution in [2.45, 2.75) is 50.4 Å². The van der Waals surface area contributed by atoms with E-state index in [0.717, 1.165) is 63.0 Å². The molecule has 0 radical (unpaired) electrons. The summed E-state index contributed by atoms with van der Waals surface area (Å²) in [6, 6.07) is 6.36. The lowest BCUT2D eigenvalue weighted by Crippen LogP contribution is -2.48. The van der Waals surface area contributed by atoms with Crippen LogP contribution in [0, 0.1) is 0 Å². The van der Waals surface area contributed by atoms with Gasteiger partial charge < -0.3 is 29.7 Å². The van der Waals surface area contributed by atoms with Crippen LogP contribution in [0.25, 0.3) is 0 Å². The van der Waals surface area contributed by atoms with E-state index in [1.165, 1.54) is 50.9 Å². The maximum absolute atomic E-state index is 5.68. The van der Waals surface area contributed by atoms with Gasteiger partial charge in [-0.05, 0) is 69.4 Å². The molecule has 1 aromatic carbocycles. The van der Waals surface area contributed by atoms with E-state index in [1.54, 1.807) is 0 Å². The summed E-state index contributed by atoms with van der Waals surface area (Å²) < 4.78 is 16.8. The summed E-state index contributed by atoms with van der Waals surface area (Å²) in [5.41, 5.74) is 1.28. The molecule has 8 heteroatoms. The molecule has 2 N–H and O–H groups in total. The van der Waals surface area contributed by atoms with Crippen molar-refractivity contribution in [3.05, 3.63) is 23.8 Å². The summed E-state index contributed by atoms with van der Waals surface area (Å²) in [6.45, 7) is 7.30. The third-order valence-electron chi connectivity index (χ3n) is 6.89. The minimum atomic E-state index is 0. The fourth-order valence-electron chi connectivity index (χ4n) is 4.90. The van der Waals surface area contributed by atoms with E-state index in [-0.39, 0.29) is 29.4 Å². The second-order valence-corrected chi connectivity index (χ2v) is 8.92. The molecule has 180 valence electrons. The van der Waals surface area contributed by atoms with E-state index in [1.807, 2.05) is 13.1 Å². The van der Waals surface area contributed by atoms with Crippen molar-refractivity contribution in [1.29, 1.82) is 0 Å². The Kier molecular flexibility index (Phi) is 10.2. The standard InChI is InChI=1S/C24H38N4O3.HI/c1-25-23(26-11-6-14-28-12-4-2-3-5-13-28)27-18-24(9-15-29-16-10-24)20-7-8-21-22(17-20)31-19-30-21;/h7-8,17H,2-6,9-16,18-19H2,1H3,(H2,25,26,27);1H. The van der Waals surface area contributed by atoms with Gasteiger partial charge in [-0.2, -0.15) is 0 Å². The lowest BCUT2D eigenvalue weighted by Gasteiger charge is -2.38. The maximum Gasteiger partial charge on any atom is 0.231 e. The van der Waals surface area contributed by atoms with E-state index in [2.05, 4.69) is 32.7 Å². The van der Waals surface area contributed by atoms with Crippen LogP contribution in [0.1, 0.15) is 50.5 Å². The zero-order chi connectivity index (χ0) is 21.4. The molecule has 0 spiro atoms. The molecule has 32 heavy (non-hydrogen) atoms. The lowest BCUT2D eigenvalue weighted by atomic mass is 9.74. The van der Waals surface area contributed by atoms with Crippen molar-refractivity contribution < 1.29 is 14.2 Å². The highest BCUT2D eigenvalue weighted by atomic mass is 127. The van der Waals surface area contributed by atoms with Crippen LogP contribution in [0.2, 0.25) is 0 Å². The van der Waals surface area contributed by atoms with Gasteiger partial charge in [-0.1, -0.05) is 18.9 Å². The molecule has 2 saturated heterocycles. The van der Waals surface area contributed by atoms with E-state index in [4.69, 9.17) is 14.2 Å². The minimum Gasteiger partial charge on any atom is -0.454 e. The number of likely N-dealkylation sites (tertiary alicyclic amines) is 1. The van der Waals surface area contributed by atoms with E-state index in [9.17, 15) is 0 Å². The number of ether oxygens (including phenoxy) is 3. The summed E-state index contributed by atoms with van der Waals surface area (Å²) >= 11 is 0. The Hall–Kier alpha value is -1.26. The predicted octanol–water partition coefficient (Wildman–Crippen LogP) is 3.51. The Morgan fingerprint density at radius 2 is 1.78 bits per heavy atom. The summed E-state index contributed by atoms with van der Waals surface area (Å²) in [7, 11) is 1.85. The molecule has 3 aliphatic heterocycles. The van der Waals surface area contributed by atoms with Gasteiger partial charge in [0.05, 0.1) is 0 Å². The third kappa shape index (κ3) is 6.63. The van der Waals surface area contributed by atoms with Gasteiger partial charge in [0, 0.05) is 38.8 Å². The molecule has 0 bridgehead atoms. The second kappa shape index (κ2) is 12.8. The van der Waals surface area contributed by atoms with Crippen LogP contribution >= 0.6 is 24.0 Å². The molecule has 0 aliphatic carbocycles. The van der Waals surface area contributed by atoms with Crippen LogP contribution in [-0.4, -0.2) is 70.6 Å². The molecule has 7 nitrogen and oxygen atoms in total. The Morgan fingerprint density at radius 1 is 1.03 bits per heavy atom. The number of guanidine groups is 1. The SMILES string of the molecule is CN=C(NCCCN1CCCCCC1)NCC1(c2ccc3c(c2)OCO3)CCOCC1.I. The monoisotopic (exact) mass is 558 g/mol. The van der Waals surface area contributed by atoms with Gasteiger partial charge in [-0.25, -0.2) is 0 Å². The topological polar surface area (TPSA) is 67.4 Å². The molecule has 0 aromatic heterocycles. The summed E-state index contributed by atoms with van der Waals surface area (Å²) in [4.78, 5) is 7.07. The van der Waals surface area contributed by atoms with Crippen molar-refractivity contribution in [2.24, 2.45) is 4.99 Å². The molecule has 0 amide bonds. The molecule has 0 atom stereocenters. The Labute approximate surface area is 209 Å². The average molecular weight is 559 g/mol. The number of fused-ring (bicyclic) bond motifs is 1. The molecule has 2 fully saturated rings. The fraction of sp³-hybridized carbons (Fsp3) is 0.708. The first-order valence-electron chi connectivity index (χ1n) is 11.9. The molecular weight excluding hydrogens is 519 g/mol. The van der Waals surface area contributed by atoms with E-state index < -0.39 is 0 Å². The van der Waals surface area contributed by atoms with Gasteiger partial charge in [0.25, 0.3) is 0 Å². The van der Waals surface area contributed by atoms with E-state index in [0.29, 0.717) is 6.79 Å². The number of halogens is 1. The van der Waals surface area contributed by atoms with Crippen LogP contribution in [0.5, 0.6) is 11.5 Å². The van der Waals surface area contributed by atoms with Crippen molar-refractivity contribution in [2.75, 3.05) is 59.8 Å². The normalized spacial score (nSPS) is 20.8. The van der Waals surface area contributed by atoms with Gasteiger partial charge in [0.15, 0.2) is 17.5 Å². The van der Waals surface area contributed by atoms with Crippen LogP contribution in [-0.2, 0) is 10.2 Å². The van der Waals surface area contributed by atoms with Gasteiger partial charge in [-0.15, -0.1) is 24.0 Å². The van der Waals surface area contributed by atoms with Crippen LogP contribution in [0.15, 0.2) is 23.2 Å². The first-order valence-corrected chi connectivity index (χ1v) is 11.9. The zero-order valence-corrected chi connectivity index (χ0v) is 21.7. The van der Waals surface area contributed by atoms with Crippen LogP contribution in [0.4, 0.5) is 0 Å². The highest BCUT2D eigenvalue weighted by molar-refractivity contribution is 14.0. The summed E-state index contributed by atoms with van der Waals surface area (Å²) in [5.74, 6) is 2.56. The molecule has 3 heterocycles. The van der Waals surface area contributed by atoms with Gasteiger partial charge >= 0.3 is 0 Å². The lowest BCUT2D eigenvalue weighted by molar-refractivity contribution is 0.0513. The number of aliphatic imine (C=N–C) groups is 1. The van der Waals surface area contributed by atoms with Crippen molar-refractivity contribution in [3.63, 3.8) is 0 Å². The fourth-order valence-corrected chi connectivity index (χ4v) is 4.90. The minimum absolute atomic E-state index is 0. The van der Waals surface area contributed by atoms with Crippen LogP contribution in [0.3, 0.4) is 0 Å². The Morgan fingerprint density at radius 3 is 2.53 bits per heavy atom. The van der Waals surface area contributed by atoms with Crippen molar-refractivity contribution in [1.82, 2.24) is 15.5 Å². The number of benzene rings is 1. The highest BCUT2D eigenvalue weighted by Crippen LogP contribution is 2.40. The van der Waals surface area contributed by atoms with E-state index >= 15 is 0 Å². The number of nitrogens with zero attached hydrogens (tertiary/aromatic N) is 2. The molecule has 0 unspecified atom stereocenters.